The molecule has 1 aliphatic rings. The highest BCUT2D eigenvalue weighted by atomic mass is 19.1. The molecule has 2 atom stereocenters. The second-order valence-electron chi connectivity index (χ2n) is 5.40. The molecular formula is C16H17FN2O. The first-order valence-corrected chi connectivity index (χ1v) is 6.76. The highest BCUT2D eigenvalue weighted by Crippen LogP contribution is 2.33. The number of nitrogens with zero attached hydrogens (tertiary/aromatic N) is 1. The van der Waals surface area contributed by atoms with Gasteiger partial charge in [-0.1, -0.05) is 18.2 Å². The molecule has 0 radical (unpaired) electrons. The number of aryl methyl sites for hydroxylation is 1. The SMILES string of the molecule is CC(O)(c1ccc(F)cn1)C1CCc2ccccc2N1. The quantitative estimate of drug-likeness (QED) is 0.883. The van der Waals surface area contributed by atoms with Crippen molar-refractivity contribution in [1.29, 1.82) is 0 Å². The molecule has 0 saturated carbocycles. The Labute approximate surface area is 117 Å². The minimum Gasteiger partial charge on any atom is -0.382 e. The number of halogens is 1. The van der Waals surface area contributed by atoms with Gasteiger partial charge in [0.1, 0.15) is 11.4 Å². The zero-order valence-electron chi connectivity index (χ0n) is 11.3. The van der Waals surface area contributed by atoms with Gasteiger partial charge in [-0.3, -0.25) is 4.98 Å². The van der Waals surface area contributed by atoms with Gasteiger partial charge in [-0.25, -0.2) is 4.39 Å². The number of benzene rings is 1. The van der Waals surface area contributed by atoms with Crippen molar-refractivity contribution in [3.63, 3.8) is 0 Å². The molecule has 0 fully saturated rings. The minimum atomic E-state index is -1.14. The van der Waals surface area contributed by atoms with Crippen molar-refractivity contribution in [1.82, 2.24) is 4.98 Å². The fourth-order valence-electron chi connectivity index (χ4n) is 2.71. The van der Waals surface area contributed by atoms with E-state index in [1.165, 1.54) is 17.7 Å². The van der Waals surface area contributed by atoms with E-state index in [4.69, 9.17) is 0 Å². The lowest BCUT2D eigenvalue weighted by atomic mass is 9.85. The Morgan fingerprint density at radius 2 is 2.10 bits per heavy atom. The van der Waals surface area contributed by atoms with Crippen molar-refractivity contribution in [2.24, 2.45) is 0 Å². The van der Waals surface area contributed by atoms with Crippen molar-refractivity contribution in [3.05, 3.63) is 59.7 Å². The van der Waals surface area contributed by atoms with Crippen LogP contribution in [0.3, 0.4) is 0 Å². The Hall–Kier alpha value is -1.94. The van der Waals surface area contributed by atoms with Crippen molar-refractivity contribution in [2.75, 3.05) is 5.32 Å². The summed E-state index contributed by atoms with van der Waals surface area (Å²) in [7, 11) is 0. The minimum absolute atomic E-state index is 0.143. The van der Waals surface area contributed by atoms with Crippen LogP contribution in [-0.4, -0.2) is 16.1 Å². The van der Waals surface area contributed by atoms with Crippen LogP contribution in [-0.2, 0) is 12.0 Å². The smallest absolute Gasteiger partial charge is 0.141 e. The first-order chi connectivity index (χ1) is 9.57. The average molecular weight is 272 g/mol. The molecule has 1 aromatic carbocycles. The van der Waals surface area contributed by atoms with Gasteiger partial charge in [0.25, 0.3) is 0 Å². The van der Waals surface area contributed by atoms with Gasteiger partial charge in [0, 0.05) is 5.69 Å². The number of para-hydroxylation sites is 1. The van der Waals surface area contributed by atoms with Gasteiger partial charge in [0.2, 0.25) is 0 Å². The molecule has 20 heavy (non-hydrogen) atoms. The van der Waals surface area contributed by atoms with E-state index in [-0.39, 0.29) is 6.04 Å². The van der Waals surface area contributed by atoms with Gasteiger partial charge < -0.3 is 10.4 Å². The summed E-state index contributed by atoms with van der Waals surface area (Å²) in [6.07, 6.45) is 2.86. The lowest BCUT2D eigenvalue weighted by Crippen LogP contribution is -2.44. The number of hydrogen-bond acceptors (Lipinski definition) is 3. The topological polar surface area (TPSA) is 45.2 Å². The Bertz CT molecular complexity index is 610. The summed E-state index contributed by atoms with van der Waals surface area (Å²) in [5.41, 5.74) is 1.65. The Kier molecular flexibility index (Phi) is 3.18. The Balaban J connectivity index is 1.88. The molecule has 2 unspecified atom stereocenters. The number of rotatable bonds is 2. The van der Waals surface area contributed by atoms with Gasteiger partial charge in [-0.2, -0.15) is 0 Å². The van der Waals surface area contributed by atoms with Crippen LogP contribution in [0.4, 0.5) is 10.1 Å². The zero-order chi connectivity index (χ0) is 14.2. The third-order valence-electron chi connectivity index (χ3n) is 3.97. The molecule has 2 N–H and O–H groups in total. The maximum Gasteiger partial charge on any atom is 0.141 e. The van der Waals surface area contributed by atoms with Crippen LogP contribution in [0.5, 0.6) is 0 Å². The molecule has 3 nitrogen and oxygen atoms in total. The van der Waals surface area contributed by atoms with E-state index < -0.39 is 11.4 Å². The number of fused-ring (bicyclic) bond motifs is 1. The molecule has 4 heteroatoms. The summed E-state index contributed by atoms with van der Waals surface area (Å²) in [5.74, 6) is -0.397. The van der Waals surface area contributed by atoms with Gasteiger partial charge in [0.05, 0.1) is 17.9 Å². The van der Waals surface area contributed by atoms with E-state index in [2.05, 4.69) is 16.4 Å². The first kappa shape index (κ1) is 13.1. The summed E-state index contributed by atoms with van der Waals surface area (Å²) in [6.45, 7) is 1.72. The molecule has 0 aliphatic carbocycles. The average Bonchev–Trinajstić information content (AvgIpc) is 2.47. The molecule has 1 aliphatic heterocycles. The van der Waals surface area contributed by atoms with Crippen molar-refractivity contribution >= 4 is 5.69 Å². The summed E-state index contributed by atoms with van der Waals surface area (Å²) in [6, 6.07) is 10.8. The third kappa shape index (κ3) is 2.27. The number of anilines is 1. The molecule has 0 spiro atoms. The number of nitrogens with one attached hydrogen (secondary N) is 1. The van der Waals surface area contributed by atoms with E-state index in [0.29, 0.717) is 5.69 Å². The number of aromatic nitrogens is 1. The standard InChI is InChI=1S/C16H17FN2O/c1-16(20,14-9-7-12(17)10-18-14)15-8-6-11-4-2-3-5-13(11)19-15/h2-5,7,9-10,15,19-20H,6,8H2,1H3. The second-order valence-corrected chi connectivity index (χ2v) is 5.40. The third-order valence-corrected chi connectivity index (χ3v) is 3.97. The summed E-state index contributed by atoms with van der Waals surface area (Å²) in [4.78, 5) is 4.02. The zero-order valence-corrected chi connectivity index (χ0v) is 11.3. The maximum absolute atomic E-state index is 13.0. The second kappa shape index (κ2) is 4.87. The van der Waals surface area contributed by atoms with E-state index in [1.54, 1.807) is 6.92 Å². The van der Waals surface area contributed by atoms with Crippen LogP contribution in [0.25, 0.3) is 0 Å². The molecule has 0 amide bonds. The van der Waals surface area contributed by atoms with Crippen LogP contribution in [0, 0.1) is 5.82 Å². The molecular weight excluding hydrogens is 255 g/mol. The molecule has 2 aromatic rings. The molecule has 0 saturated heterocycles. The number of hydrogen-bond donors (Lipinski definition) is 2. The predicted molar refractivity (Wildman–Crippen MR) is 75.9 cm³/mol. The largest absolute Gasteiger partial charge is 0.382 e. The molecule has 1 aromatic heterocycles. The van der Waals surface area contributed by atoms with Gasteiger partial charge in [-0.05, 0) is 43.5 Å². The molecule has 2 heterocycles. The Morgan fingerprint density at radius 1 is 1.30 bits per heavy atom. The molecule has 104 valence electrons. The predicted octanol–water partition coefficient (Wildman–Crippen LogP) is 2.86. The lowest BCUT2D eigenvalue weighted by Gasteiger charge is -2.37. The van der Waals surface area contributed by atoms with Crippen LogP contribution in [0.2, 0.25) is 0 Å². The number of aliphatic hydroxyl groups is 1. The summed E-state index contributed by atoms with van der Waals surface area (Å²) < 4.78 is 13.0. The normalized spacial score (nSPS) is 20.6. The monoisotopic (exact) mass is 272 g/mol. The van der Waals surface area contributed by atoms with E-state index >= 15 is 0 Å². The van der Waals surface area contributed by atoms with Crippen molar-refractivity contribution < 1.29 is 9.50 Å². The Morgan fingerprint density at radius 3 is 2.85 bits per heavy atom. The molecule has 0 bridgehead atoms. The van der Waals surface area contributed by atoms with Gasteiger partial charge in [0.15, 0.2) is 0 Å². The summed E-state index contributed by atoms with van der Waals surface area (Å²) in [5, 5.41) is 14.1. The maximum atomic E-state index is 13.0. The van der Waals surface area contributed by atoms with E-state index in [0.717, 1.165) is 24.7 Å². The van der Waals surface area contributed by atoms with E-state index in [1.807, 2.05) is 18.2 Å². The highest BCUT2D eigenvalue weighted by Gasteiger charge is 2.36. The fraction of sp³-hybridized carbons (Fsp3) is 0.312. The molecule has 3 rings (SSSR count). The number of pyridine rings is 1. The van der Waals surface area contributed by atoms with E-state index in [9.17, 15) is 9.50 Å². The lowest BCUT2D eigenvalue weighted by molar-refractivity contribution is 0.0278. The van der Waals surface area contributed by atoms with Gasteiger partial charge >= 0.3 is 0 Å². The van der Waals surface area contributed by atoms with Crippen molar-refractivity contribution in [2.45, 2.75) is 31.4 Å². The van der Waals surface area contributed by atoms with Crippen LogP contribution in [0.15, 0.2) is 42.6 Å². The van der Waals surface area contributed by atoms with Gasteiger partial charge in [-0.15, -0.1) is 0 Å². The van der Waals surface area contributed by atoms with Crippen molar-refractivity contribution in [3.8, 4) is 0 Å². The van der Waals surface area contributed by atoms with Crippen LogP contribution < -0.4 is 5.32 Å². The summed E-state index contributed by atoms with van der Waals surface area (Å²) >= 11 is 0. The highest BCUT2D eigenvalue weighted by molar-refractivity contribution is 5.54. The first-order valence-electron chi connectivity index (χ1n) is 6.76. The van der Waals surface area contributed by atoms with Crippen LogP contribution in [0.1, 0.15) is 24.6 Å². The van der Waals surface area contributed by atoms with Crippen LogP contribution >= 0.6 is 0 Å². The fourth-order valence-corrected chi connectivity index (χ4v) is 2.71.